The van der Waals surface area contributed by atoms with Crippen molar-refractivity contribution in [1.29, 1.82) is 0 Å². The van der Waals surface area contributed by atoms with Crippen molar-refractivity contribution in [1.82, 2.24) is 9.97 Å². The lowest BCUT2D eigenvalue weighted by Crippen LogP contribution is -2.06. The Hall–Kier alpha value is -1.76. The Balaban J connectivity index is 2.34. The monoisotopic (exact) mass is 342 g/mol. The number of hydrogen-bond acceptors (Lipinski definition) is 4. The minimum Gasteiger partial charge on any atom is -0.354 e. The van der Waals surface area contributed by atoms with Crippen LogP contribution in [-0.4, -0.2) is 16.5 Å². The summed E-state index contributed by atoms with van der Waals surface area (Å²) in [6.45, 7) is 4.37. The van der Waals surface area contributed by atoms with Crippen molar-refractivity contribution in [3.63, 3.8) is 0 Å². The highest BCUT2D eigenvalue weighted by atomic mass is 79.9. The quantitative estimate of drug-likeness (QED) is 0.824. The highest BCUT2D eigenvalue weighted by Crippen LogP contribution is 2.26. The average molecular weight is 343 g/mol. The number of nitrogens with one attached hydrogen (secondary N) is 2. The maximum absolute atomic E-state index is 13.8. The van der Waals surface area contributed by atoms with Crippen LogP contribution in [0.4, 0.5) is 26.2 Å². The Morgan fingerprint density at radius 1 is 1.25 bits per heavy atom. The van der Waals surface area contributed by atoms with Crippen molar-refractivity contribution in [3.8, 4) is 0 Å². The molecule has 0 bridgehead atoms. The van der Waals surface area contributed by atoms with E-state index in [0.29, 0.717) is 18.3 Å². The first-order chi connectivity index (χ1) is 9.51. The van der Waals surface area contributed by atoms with Crippen molar-refractivity contribution >= 4 is 33.4 Å². The zero-order valence-electron chi connectivity index (χ0n) is 11.0. The summed E-state index contributed by atoms with van der Waals surface area (Å²) in [7, 11) is 0. The predicted octanol–water partition coefficient (Wildman–Crippen LogP) is 4.00. The van der Waals surface area contributed by atoms with Gasteiger partial charge in [-0.25, -0.2) is 13.8 Å². The van der Waals surface area contributed by atoms with E-state index in [1.54, 1.807) is 13.1 Å². The van der Waals surface area contributed by atoms with E-state index in [1.165, 1.54) is 0 Å². The fourth-order valence-electron chi connectivity index (χ4n) is 1.56. The van der Waals surface area contributed by atoms with Crippen LogP contribution in [0.1, 0.15) is 12.5 Å². The molecule has 1 aromatic carbocycles. The Kier molecular flexibility index (Phi) is 4.49. The van der Waals surface area contributed by atoms with Crippen LogP contribution in [-0.2, 0) is 0 Å². The Bertz CT molecular complexity index is 634. The van der Waals surface area contributed by atoms with Gasteiger partial charge in [0.2, 0.25) is 5.95 Å². The van der Waals surface area contributed by atoms with E-state index in [-0.39, 0.29) is 10.2 Å². The third-order valence-electron chi connectivity index (χ3n) is 2.57. The van der Waals surface area contributed by atoms with E-state index < -0.39 is 11.6 Å². The lowest BCUT2D eigenvalue weighted by atomic mass is 10.2. The molecule has 0 aliphatic carbocycles. The van der Waals surface area contributed by atoms with Crippen LogP contribution in [0.15, 0.2) is 22.8 Å². The van der Waals surface area contributed by atoms with Gasteiger partial charge in [0, 0.05) is 24.4 Å². The molecular formula is C13H13BrF2N4. The van der Waals surface area contributed by atoms with Gasteiger partial charge in [-0.2, -0.15) is 4.98 Å². The van der Waals surface area contributed by atoms with Crippen LogP contribution in [0.5, 0.6) is 0 Å². The molecule has 0 atom stereocenters. The molecule has 0 aliphatic rings. The summed E-state index contributed by atoms with van der Waals surface area (Å²) in [4.78, 5) is 8.30. The Labute approximate surface area is 123 Å². The molecular weight excluding hydrogens is 330 g/mol. The Morgan fingerprint density at radius 2 is 2.00 bits per heavy atom. The summed E-state index contributed by atoms with van der Waals surface area (Å²) in [5.41, 5.74) is 0.754. The molecule has 2 rings (SSSR count). The second kappa shape index (κ2) is 6.13. The largest absolute Gasteiger partial charge is 0.354 e. The highest BCUT2D eigenvalue weighted by Gasteiger charge is 2.11. The fraction of sp³-hybridized carbons (Fsp3) is 0.231. The van der Waals surface area contributed by atoms with Crippen LogP contribution >= 0.6 is 15.9 Å². The van der Waals surface area contributed by atoms with Crippen molar-refractivity contribution in [2.45, 2.75) is 13.8 Å². The van der Waals surface area contributed by atoms with Crippen LogP contribution < -0.4 is 10.6 Å². The number of halogens is 3. The zero-order valence-corrected chi connectivity index (χ0v) is 12.6. The summed E-state index contributed by atoms with van der Waals surface area (Å²) in [6.07, 6.45) is 1.61. The van der Waals surface area contributed by atoms with Crippen LogP contribution in [0.2, 0.25) is 0 Å². The molecule has 0 radical (unpaired) electrons. The number of hydrogen-bond donors (Lipinski definition) is 2. The van der Waals surface area contributed by atoms with Gasteiger partial charge in [-0.15, -0.1) is 0 Å². The molecule has 4 nitrogen and oxygen atoms in total. The minimum atomic E-state index is -0.568. The van der Waals surface area contributed by atoms with E-state index >= 15 is 0 Å². The molecule has 0 saturated heterocycles. The van der Waals surface area contributed by atoms with E-state index in [4.69, 9.17) is 0 Å². The summed E-state index contributed by atoms with van der Waals surface area (Å²) in [6, 6.07) is 2.15. The van der Waals surface area contributed by atoms with Gasteiger partial charge in [0.05, 0.1) is 10.2 Å². The molecule has 0 saturated carbocycles. The van der Waals surface area contributed by atoms with Gasteiger partial charge < -0.3 is 10.6 Å². The third kappa shape index (κ3) is 3.22. The number of aryl methyl sites for hydroxylation is 1. The lowest BCUT2D eigenvalue weighted by Gasteiger charge is -2.11. The summed E-state index contributed by atoms with van der Waals surface area (Å²) in [5, 5.41) is 5.74. The zero-order chi connectivity index (χ0) is 14.7. The first-order valence-corrected chi connectivity index (χ1v) is 6.79. The number of nitrogens with zero attached hydrogens (tertiary/aromatic N) is 2. The van der Waals surface area contributed by atoms with Gasteiger partial charge in [0.1, 0.15) is 17.5 Å². The molecule has 0 unspecified atom stereocenters. The molecule has 0 aliphatic heterocycles. The fourth-order valence-corrected chi connectivity index (χ4v) is 1.87. The van der Waals surface area contributed by atoms with E-state index in [0.717, 1.165) is 17.7 Å². The number of aromatic nitrogens is 2. The van der Waals surface area contributed by atoms with Gasteiger partial charge in [-0.05, 0) is 35.8 Å². The molecule has 0 amide bonds. The second-order valence-corrected chi connectivity index (χ2v) is 4.98. The summed E-state index contributed by atoms with van der Waals surface area (Å²) < 4.78 is 27.3. The second-order valence-electron chi connectivity index (χ2n) is 4.13. The maximum atomic E-state index is 13.8. The molecule has 106 valence electrons. The SMILES string of the molecule is CCNc1ncc(C)c(Nc2cc(F)c(Br)cc2F)n1. The van der Waals surface area contributed by atoms with Crippen molar-refractivity contribution in [3.05, 3.63) is 40.0 Å². The van der Waals surface area contributed by atoms with Gasteiger partial charge in [0.25, 0.3) is 0 Å². The van der Waals surface area contributed by atoms with E-state index in [2.05, 4.69) is 36.5 Å². The average Bonchev–Trinajstić information content (AvgIpc) is 2.40. The third-order valence-corrected chi connectivity index (χ3v) is 3.18. The molecule has 0 fully saturated rings. The number of rotatable bonds is 4. The summed E-state index contributed by atoms with van der Waals surface area (Å²) >= 11 is 2.93. The lowest BCUT2D eigenvalue weighted by molar-refractivity contribution is 0.597. The maximum Gasteiger partial charge on any atom is 0.224 e. The van der Waals surface area contributed by atoms with Crippen molar-refractivity contribution in [2.24, 2.45) is 0 Å². The smallest absolute Gasteiger partial charge is 0.224 e. The standard InChI is InChI=1S/C13H13BrF2N4/c1-3-17-13-18-6-7(2)12(20-13)19-11-5-9(15)8(14)4-10(11)16/h4-6H,3H2,1-2H3,(H2,17,18,19,20). The van der Waals surface area contributed by atoms with Gasteiger partial charge in [-0.1, -0.05) is 0 Å². The van der Waals surface area contributed by atoms with Crippen LogP contribution in [0.3, 0.4) is 0 Å². The molecule has 1 heterocycles. The van der Waals surface area contributed by atoms with Crippen molar-refractivity contribution < 1.29 is 8.78 Å². The molecule has 2 aromatic rings. The number of anilines is 3. The van der Waals surface area contributed by atoms with Crippen LogP contribution in [0, 0.1) is 18.6 Å². The molecule has 20 heavy (non-hydrogen) atoms. The number of benzene rings is 1. The highest BCUT2D eigenvalue weighted by molar-refractivity contribution is 9.10. The Morgan fingerprint density at radius 3 is 2.70 bits per heavy atom. The minimum absolute atomic E-state index is 0.0231. The normalized spacial score (nSPS) is 10.4. The van der Waals surface area contributed by atoms with Gasteiger partial charge in [0.15, 0.2) is 0 Å². The van der Waals surface area contributed by atoms with Crippen LogP contribution in [0.25, 0.3) is 0 Å². The van der Waals surface area contributed by atoms with E-state index in [9.17, 15) is 8.78 Å². The molecule has 1 aromatic heterocycles. The summed E-state index contributed by atoms with van der Waals surface area (Å²) in [5.74, 6) is -0.260. The van der Waals surface area contributed by atoms with E-state index in [1.807, 2.05) is 6.92 Å². The molecule has 7 heteroatoms. The predicted molar refractivity (Wildman–Crippen MR) is 78.3 cm³/mol. The first-order valence-electron chi connectivity index (χ1n) is 6.00. The molecule has 2 N–H and O–H groups in total. The van der Waals surface area contributed by atoms with Crippen molar-refractivity contribution in [2.75, 3.05) is 17.2 Å². The first kappa shape index (κ1) is 14.6. The van der Waals surface area contributed by atoms with Gasteiger partial charge in [-0.3, -0.25) is 0 Å². The van der Waals surface area contributed by atoms with Gasteiger partial charge >= 0.3 is 0 Å². The molecule has 0 spiro atoms. The topological polar surface area (TPSA) is 49.8 Å².